The first kappa shape index (κ1) is 10.7. The minimum absolute atomic E-state index is 0.333. The highest BCUT2D eigenvalue weighted by molar-refractivity contribution is 5.23. The molecule has 0 saturated heterocycles. The van der Waals surface area contributed by atoms with Gasteiger partial charge in [0.05, 0.1) is 6.61 Å². The lowest BCUT2D eigenvalue weighted by molar-refractivity contribution is 0.194. The largest absolute Gasteiger partial charge is 0.364 e. The fraction of sp³-hybridized carbons (Fsp3) is 0.273. The monoisotopic (exact) mass is 162 g/mol. The molecule has 0 heterocycles. The molecule has 0 atom stereocenters. The molecule has 0 unspecified atom stereocenters. The van der Waals surface area contributed by atoms with Gasteiger partial charge in [0.15, 0.2) is 0 Å². The molecule has 0 fully saturated rings. The lowest BCUT2D eigenvalue weighted by atomic mass is 10.2. The highest BCUT2D eigenvalue weighted by Crippen LogP contribution is 1.97. The molecule has 64 valence electrons. The second kappa shape index (κ2) is 6.45. The molecule has 0 N–H and O–H groups in total. The average Bonchev–Trinajstić information content (AvgIpc) is 2.01. The van der Waals surface area contributed by atoms with Crippen molar-refractivity contribution in [2.24, 2.45) is 0 Å². The number of allylic oxidation sites excluding steroid dienone is 2. The third-order valence-electron chi connectivity index (χ3n) is 1.08. The molecule has 0 bridgehead atoms. The van der Waals surface area contributed by atoms with Gasteiger partial charge in [-0.3, -0.25) is 0 Å². The topological polar surface area (TPSA) is 9.23 Å². The van der Waals surface area contributed by atoms with E-state index in [1.807, 2.05) is 19.1 Å². The summed E-state index contributed by atoms with van der Waals surface area (Å²) in [5, 5.41) is 0. The summed E-state index contributed by atoms with van der Waals surface area (Å²) in [7, 11) is 0. The van der Waals surface area contributed by atoms with Crippen LogP contribution in [0.3, 0.4) is 0 Å². The van der Waals surface area contributed by atoms with E-state index >= 15 is 0 Å². The second-order valence-electron chi connectivity index (χ2n) is 2.53. The summed E-state index contributed by atoms with van der Waals surface area (Å²) < 4.78 is 5.06. The van der Waals surface area contributed by atoms with E-state index in [1.165, 1.54) is 0 Å². The summed E-state index contributed by atoms with van der Waals surface area (Å²) in [6.07, 6.45) is 8.76. The number of terminal acetylenes is 1. The standard InChI is InChI=1S/C11H14O/c1-5-8-12-9-11(4)7-6-10(2)3/h1,6-7H,2,4,8-9H2,3H3/b7-6-. The first-order chi connectivity index (χ1) is 5.66. The summed E-state index contributed by atoms with van der Waals surface area (Å²) in [5.41, 5.74) is 1.89. The molecule has 0 rings (SSSR count). The van der Waals surface area contributed by atoms with E-state index in [4.69, 9.17) is 11.2 Å². The molecule has 1 nitrogen and oxygen atoms in total. The van der Waals surface area contributed by atoms with Gasteiger partial charge in [-0.05, 0) is 12.5 Å². The molecule has 1 heteroatoms. The third-order valence-corrected chi connectivity index (χ3v) is 1.08. The maximum atomic E-state index is 5.06. The summed E-state index contributed by atoms with van der Waals surface area (Å²) in [5.74, 6) is 2.38. The fourth-order valence-corrected chi connectivity index (χ4v) is 0.549. The number of hydrogen-bond donors (Lipinski definition) is 0. The molecule has 0 aromatic heterocycles. The zero-order valence-corrected chi connectivity index (χ0v) is 7.47. The quantitative estimate of drug-likeness (QED) is 0.342. The van der Waals surface area contributed by atoms with Crippen LogP contribution in [0.1, 0.15) is 6.92 Å². The Morgan fingerprint density at radius 3 is 2.67 bits per heavy atom. The van der Waals surface area contributed by atoms with Crippen molar-refractivity contribution in [1.29, 1.82) is 0 Å². The number of ether oxygens (including phenoxy) is 1. The van der Waals surface area contributed by atoms with Gasteiger partial charge in [-0.15, -0.1) is 6.42 Å². The highest BCUT2D eigenvalue weighted by Gasteiger charge is 1.87. The van der Waals surface area contributed by atoms with Gasteiger partial charge in [0, 0.05) is 0 Å². The van der Waals surface area contributed by atoms with Gasteiger partial charge in [-0.25, -0.2) is 0 Å². The summed E-state index contributed by atoms with van der Waals surface area (Å²) in [6, 6.07) is 0. The lowest BCUT2D eigenvalue weighted by Gasteiger charge is -1.98. The summed E-state index contributed by atoms with van der Waals surface area (Å²) in [6.45, 7) is 10.2. The minimum atomic E-state index is 0.333. The van der Waals surface area contributed by atoms with Gasteiger partial charge in [0.2, 0.25) is 0 Å². The minimum Gasteiger partial charge on any atom is -0.364 e. The van der Waals surface area contributed by atoms with Crippen LogP contribution in [0.5, 0.6) is 0 Å². The first-order valence-corrected chi connectivity index (χ1v) is 3.69. The fourth-order valence-electron chi connectivity index (χ4n) is 0.549. The van der Waals surface area contributed by atoms with Crippen molar-refractivity contribution in [3.05, 3.63) is 36.5 Å². The van der Waals surface area contributed by atoms with E-state index in [-0.39, 0.29) is 0 Å². The zero-order valence-electron chi connectivity index (χ0n) is 7.47. The van der Waals surface area contributed by atoms with Gasteiger partial charge < -0.3 is 4.74 Å². The Balaban J connectivity index is 3.61. The molecule has 0 aromatic rings. The summed E-state index contributed by atoms with van der Waals surface area (Å²) >= 11 is 0. The van der Waals surface area contributed by atoms with E-state index in [9.17, 15) is 0 Å². The van der Waals surface area contributed by atoms with E-state index in [0.717, 1.165) is 11.1 Å². The number of hydrogen-bond acceptors (Lipinski definition) is 1. The maximum Gasteiger partial charge on any atom is 0.107 e. The average molecular weight is 162 g/mol. The molecular weight excluding hydrogens is 148 g/mol. The summed E-state index contributed by atoms with van der Waals surface area (Å²) in [4.78, 5) is 0. The molecule has 0 aliphatic heterocycles. The molecule has 0 aliphatic carbocycles. The van der Waals surface area contributed by atoms with E-state index in [0.29, 0.717) is 13.2 Å². The molecule has 0 aromatic carbocycles. The van der Waals surface area contributed by atoms with Crippen molar-refractivity contribution in [2.45, 2.75) is 6.92 Å². The van der Waals surface area contributed by atoms with Crippen molar-refractivity contribution < 1.29 is 4.74 Å². The van der Waals surface area contributed by atoms with Gasteiger partial charge in [0.25, 0.3) is 0 Å². The third kappa shape index (κ3) is 6.85. The molecular formula is C11H14O. The Bertz CT molecular complexity index is 228. The number of rotatable bonds is 5. The van der Waals surface area contributed by atoms with Crippen molar-refractivity contribution in [3.8, 4) is 12.3 Å². The molecule has 0 saturated carbocycles. The molecule has 0 spiro atoms. The molecule has 12 heavy (non-hydrogen) atoms. The van der Waals surface area contributed by atoms with Gasteiger partial charge in [0.1, 0.15) is 6.61 Å². The lowest BCUT2D eigenvalue weighted by Crippen LogP contribution is -1.95. The van der Waals surface area contributed by atoms with Crippen LogP contribution in [0.4, 0.5) is 0 Å². The predicted octanol–water partition coefficient (Wildman–Crippen LogP) is 2.32. The Labute approximate surface area is 74.4 Å². The second-order valence-corrected chi connectivity index (χ2v) is 2.53. The van der Waals surface area contributed by atoms with Crippen molar-refractivity contribution in [2.75, 3.05) is 13.2 Å². The Morgan fingerprint density at radius 1 is 1.50 bits per heavy atom. The van der Waals surface area contributed by atoms with Crippen molar-refractivity contribution in [3.63, 3.8) is 0 Å². The first-order valence-electron chi connectivity index (χ1n) is 3.69. The van der Waals surface area contributed by atoms with E-state index < -0.39 is 0 Å². The van der Waals surface area contributed by atoms with Crippen LogP contribution in [0.25, 0.3) is 0 Å². The van der Waals surface area contributed by atoms with Crippen LogP contribution in [-0.4, -0.2) is 13.2 Å². The van der Waals surface area contributed by atoms with Crippen LogP contribution >= 0.6 is 0 Å². The van der Waals surface area contributed by atoms with E-state index in [1.54, 1.807) is 0 Å². The van der Waals surface area contributed by atoms with Crippen LogP contribution in [0.15, 0.2) is 36.5 Å². The highest BCUT2D eigenvalue weighted by atomic mass is 16.5. The SMILES string of the molecule is C#CCOCC(=C)/C=C\C(=C)C. The smallest absolute Gasteiger partial charge is 0.107 e. The van der Waals surface area contributed by atoms with Gasteiger partial charge in [-0.1, -0.05) is 36.8 Å². The zero-order chi connectivity index (χ0) is 9.40. The normalized spacial score (nSPS) is 9.67. The van der Waals surface area contributed by atoms with Crippen LogP contribution in [-0.2, 0) is 4.74 Å². The van der Waals surface area contributed by atoms with E-state index in [2.05, 4.69) is 19.1 Å². The molecule has 0 radical (unpaired) electrons. The van der Waals surface area contributed by atoms with Gasteiger partial charge in [-0.2, -0.15) is 0 Å². The van der Waals surface area contributed by atoms with Gasteiger partial charge >= 0.3 is 0 Å². The Hall–Kier alpha value is -1.26. The molecule has 0 amide bonds. The van der Waals surface area contributed by atoms with Crippen molar-refractivity contribution in [1.82, 2.24) is 0 Å². The van der Waals surface area contributed by atoms with Crippen LogP contribution in [0, 0.1) is 12.3 Å². The maximum absolute atomic E-state index is 5.06. The van der Waals surface area contributed by atoms with Crippen LogP contribution in [0.2, 0.25) is 0 Å². The Kier molecular flexibility index (Phi) is 5.77. The van der Waals surface area contributed by atoms with Crippen LogP contribution < -0.4 is 0 Å². The predicted molar refractivity (Wildman–Crippen MR) is 52.7 cm³/mol. The van der Waals surface area contributed by atoms with Crippen molar-refractivity contribution >= 4 is 0 Å². The Morgan fingerprint density at radius 2 is 2.17 bits per heavy atom. The molecule has 0 aliphatic rings.